The summed E-state index contributed by atoms with van der Waals surface area (Å²) in [5.74, 6) is 0.624. The summed E-state index contributed by atoms with van der Waals surface area (Å²) in [4.78, 5) is 12.5. The molecule has 1 amide bonds. The fraction of sp³-hybridized carbons (Fsp3) is 0.235. The van der Waals surface area contributed by atoms with Gasteiger partial charge in [0.15, 0.2) is 0 Å². The molecule has 0 spiro atoms. The Bertz CT molecular complexity index is 633. The number of rotatable bonds is 4. The van der Waals surface area contributed by atoms with E-state index in [-0.39, 0.29) is 5.91 Å². The lowest BCUT2D eigenvalue weighted by molar-refractivity contribution is -0.120. The maximum absolute atomic E-state index is 12.5. The van der Waals surface area contributed by atoms with Gasteiger partial charge >= 0.3 is 0 Å². The molecule has 0 atom stereocenters. The molecule has 0 radical (unpaired) electrons. The normalized spacial score (nSPS) is 11.0. The minimum Gasteiger partial charge on any atom is -0.497 e. The first-order chi connectivity index (χ1) is 9.93. The van der Waals surface area contributed by atoms with Crippen LogP contribution in [0.15, 0.2) is 48.5 Å². The van der Waals surface area contributed by atoms with Gasteiger partial charge in [-0.15, -0.1) is 0 Å². The van der Waals surface area contributed by atoms with Crippen molar-refractivity contribution in [2.75, 3.05) is 18.2 Å². The summed E-state index contributed by atoms with van der Waals surface area (Å²) in [6.45, 7) is 3.77. The Hall–Kier alpha value is -2.49. The Morgan fingerprint density at radius 2 is 1.81 bits per heavy atom. The van der Waals surface area contributed by atoms with Crippen molar-refractivity contribution in [2.45, 2.75) is 19.3 Å². The monoisotopic (exact) mass is 284 g/mol. The Labute approximate surface area is 124 Å². The van der Waals surface area contributed by atoms with Gasteiger partial charge in [-0.3, -0.25) is 4.79 Å². The lowest BCUT2D eigenvalue weighted by Crippen LogP contribution is -2.34. The molecule has 4 heteroatoms. The van der Waals surface area contributed by atoms with Crippen molar-refractivity contribution in [3.63, 3.8) is 0 Å². The average Bonchev–Trinajstić information content (AvgIpc) is 2.48. The number of methoxy groups -OCH3 is 1. The fourth-order valence-electron chi connectivity index (χ4n) is 2.02. The summed E-state index contributed by atoms with van der Waals surface area (Å²) >= 11 is 0. The van der Waals surface area contributed by atoms with Crippen LogP contribution in [0.1, 0.15) is 19.4 Å². The summed E-state index contributed by atoms with van der Waals surface area (Å²) < 4.78 is 5.15. The van der Waals surface area contributed by atoms with Crippen LogP contribution in [0.2, 0.25) is 0 Å². The van der Waals surface area contributed by atoms with Crippen LogP contribution in [0.5, 0.6) is 5.75 Å². The molecule has 2 aromatic carbocycles. The predicted octanol–water partition coefficient (Wildman–Crippen LogP) is 3.19. The quantitative estimate of drug-likeness (QED) is 0.847. The van der Waals surface area contributed by atoms with Crippen molar-refractivity contribution in [3.05, 3.63) is 54.1 Å². The molecular formula is C17H20N2O2. The first kappa shape index (κ1) is 14.9. The highest BCUT2D eigenvalue weighted by atomic mass is 16.5. The maximum Gasteiger partial charge on any atom is 0.234 e. The molecular weight excluding hydrogens is 264 g/mol. The molecule has 2 rings (SSSR count). The third-order valence-corrected chi connectivity index (χ3v) is 3.53. The van der Waals surface area contributed by atoms with Crippen LogP contribution in [0.4, 0.5) is 11.4 Å². The van der Waals surface area contributed by atoms with Crippen LogP contribution in [-0.2, 0) is 10.2 Å². The van der Waals surface area contributed by atoms with E-state index in [1.54, 1.807) is 25.3 Å². The van der Waals surface area contributed by atoms with Gasteiger partial charge < -0.3 is 15.8 Å². The third kappa shape index (κ3) is 3.34. The molecule has 0 bridgehead atoms. The van der Waals surface area contributed by atoms with Crippen LogP contribution in [-0.4, -0.2) is 13.0 Å². The van der Waals surface area contributed by atoms with Gasteiger partial charge in [0.25, 0.3) is 0 Å². The van der Waals surface area contributed by atoms with Gasteiger partial charge in [-0.25, -0.2) is 0 Å². The van der Waals surface area contributed by atoms with Crippen molar-refractivity contribution in [1.82, 2.24) is 0 Å². The van der Waals surface area contributed by atoms with Crippen molar-refractivity contribution in [3.8, 4) is 5.75 Å². The average molecular weight is 284 g/mol. The van der Waals surface area contributed by atoms with Crippen molar-refractivity contribution in [1.29, 1.82) is 0 Å². The predicted molar refractivity (Wildman–Crippen MR) is 85.5 cm³/mol. The van der Waals surface area contributed by atoms with Gasteiger partial charge in [0.05, 0.1) is 12.5 Å². The molecule has 0 unspecified atom stereocenters. The lowest BCUT2D eigenvalue weighted by atomic mass is 9.83. The number of nitrogens with two attached hydrogens (primary N) is 1. The molecule has 0 aromatic heterocycles. The Morgan fingerprint density at radius 3 is 2.43 bits per heavy atom. The lowest BCUT2D eigenvalue weighted by Gasteiger charge is -2.24. The molecule has 3 N–H and O–H groups in total. The summed E-state index contributed by atoms with van der Waals surface area (Å²) in [6.07, 6.45) is 0. The molecule has 21 heavy (non-hydrogen) atoms. The molecule has 110 valence electrons. The number of hydrogen-bond donors (Lipinski definition) is 2. The topological polar surface area (TPSA) is 64.3 Å². The Kier molecular flexibility index (Phi) is 4.17. The molecule has 0 aliphatic rings. The van der Waals surface area contributed by atoms with Gasteiger partial charge in [0, 0.05) is 17.4 Å². The first-order valence-electron chi connectivity index (χ1n) is 6.75. The largest absolute Gasteiger partial charge is 0.497 e. The van der Waals surface area contributed by atoms with E-state index in [2.05, 4.69) is 5.32 Å². The van der Waals surface area contributed by atoms with E-state index in [1.165, 1.54) is 0 Å². The van der Waals surface area contributed by atoms with E-state index in [1.807, 2.05) is 44.2 Å². The second-order valence-electron chi connectivity index (χ2n) is 5.43. The van der Waals surface area contributed by atoms with Crippen LogP contribution in [0.25, 0.3) is 0 Å². The smallest absolute Gasteiger partial charge is 0.234 e. The standard InChI is InChI=1S/C17H20N2O2/c1-17(2,12-7-9-13(18)10-8-12)16(20)19-14-5-4-6-15(11-14)21-3/h4-11H,18H2,1-3H3,(H,19,20). The van der Waals surface area contributed by atoms with Gasteiger partial charge in [0.1, 0.15) is 5.75 Å². The summed E-state index contributed by atoms with van der Waals surface area (Å²) in [5.41, 5.74) is 7.34. The second-order valence-corrected chi connectivity index (χ2v) is 5.43. The molecule has 0 heterocycles. The molecule has 0 saturated heterocycles. The maximum atomic E-state index is 12.5. The van der Waals surface area contributed by atoms with Crippen LogP contribution in [0, 0.1) is 0 Å². The molecule has 4 nitrogen and oxygen atoms in total. The molecule has 0 aliphatic carbocycles. The number of carbonyl (C=O) groups excluding carboxylic acids is 1. The first-order valence-corrected chi connectivity index (χ1v) is 6.75. The fourth-order valence-corrected chi connectivity index (χ4v) is 2.02. The highest BCUT2D eigenvalue weighted by Gasteiger charge is 2.29. The van der Waals surface area contributed by atoms with E-state index >= 15 is 0 Å². The Balaban J connectivity index is 2.19. The molecule has 0 saturated carbocycles. The van der Waals surface area contributed by atoms with Gasteiger partial charge in [-0.1, -0.05) is 18.2 Å². The van der Waals surface area contributed by atoms with Gasteiger partial charge in [0.2, 0.25) is 5.91 Å². The highest BCUT2D eigenvalue weighted by Crippen LogP contribution is 2.26. The van der Waals surface area contributed by atoms with E-state index < -0.39 is 5.41 Å². The zero-order valence-electron chi connectivity index (χ0n) is 12.5. The van der Waals surface area contributed by atoms with Crippen molar-refractivity contribution in [2.24, 2.45) is 0 Å². The number of hydrogen-bond acceptors (Lipinski definition) is 3. The van der Waals surface area contributed by atoms with Crippen molar-refractivity contribution >= 4 is 17.3 Å². The van der Waals surface area contributed by atoms with Crippen LogP contribution in [0.3, 0.4) is 0 Å². The summed E-state index contributed by atoms with van der Waals surface area (Å²) in [6, 6.07) is 14.6. The van der Waals surface area contributed by atoms with Crippen LogP contribution < -0.4 is 15.8 Å². The number of anilines is 2. The van der Waals surface area contributed by atoms with E-state index in [0.29, 0.717) is 17.1 Å². The van der Waals surface area contributed by atoms with Gasteiger partial charge in [-0.2, -0.15) is 0 Å². The Morgan fingerprint density at radius 1 is 1.14 bits per heavy atom. The highest BCUT2D eigenvalue weighted by molar-refractivity contribution is 5.98. The summed E-state index contributed by atoms with van der Waals surface area (Å²) in [5, 5.41) is 2.92. The van der Waals surface area contributed by atoms with Crippen LogP contribution >= 0.6 is 0 Å². The van der Waals surface area contributed by atoms with E-state index in [4.69, 9.17) is 10.5 Å². The molecule has 2 aromatic rings. The van der Waals surface area contributed by atoms with Gasteiger partial charge in [-0.05, 0) is 43.7 Å². The van der Waals surface area contributed by atoms with Crippen molar-refractivity contribution < 1.29 is 9.53 Å². The zero-order valence-corrected chi connectivity index (χ0v) is 12.5. The summed E-state index contributed by atoms with van der Waals surface area (Å²) in [7, 11) is 1.60. The van der Waals surface area contributed by atoms with E-state index in [9.17, 15) is 4.79 Å². The number of carbonyl (C=O) groups is 1. The number of benzene rings is 2. The van der Waals surface area contributed by atoms with E-state index in [0.717, 1.165) is 5.56 Å². The molecule has 0 aliphatic heterocycles. The minimum absolute atomic E-state index is 0.0828. The minimum atomic E-state index is -0.656. The number of ether oxygens (including phenoxy) is 1. The number of amides is 1. The number of nitrogen functional groups attached to an aromatic ring is 1. The second kappa shape index (κ2) is 5.87. The number of nitrogens with one attached hydrogen (secondary N) is 1. The third-order valence-electron chi connectivity index (χ3n) is 3.53. The zero-order chi connectivity index (χ0) is 15.5. The molecule has 0 fully saturated rings. The SMILES string of the molecule is COc1cccc(NC(=O)C(C)(C)c2ccc(N)cc2)c1.